The molecule has 8 nitrogen and oxygen atoms in total. The number of rotatable bonds is 14. The van der Waals surface area contributed by atoms with Crippen molar-refractivity contribution in [2.45, 2.75) is 71.3 Å². The van der Waals surface area contributed by atoms with Gasteiger partial charge in [0.2, 0.25) is 5.91 Å². The first-order valence-electron chi connectivity index (χ1n) is 10.2. The molecule has 0 aliphatic carbocycles. The lowest BCUT2D eigenvalue weighted by Gasteiger charge is -2.18. The van der Waals surface area contributed by atoms with Gasteiger partial charge in [0.1, 0.15) is 6.04 Å². The van der Waals surface area contributed by atoms with Gasteiger partial charge in [-0.25, -0.2) is 4.79 Å². The summed E-state index contributed by atoms with van der Waals surface area (Å²) in [7, 11) is 1.35. The first-order valence-corrected chi connectivity index (χ1v) is 10.2. The lowest BCUT2D eigenvalue weighted by molar-refractivity contribution is -0.385. The lowest BCUT2D eigenvalue weighted by Crippen LogP contribution is -2.43. The van der Waals surface area contributed by atoms with E-state index in [2.05, 4.69) is 12.2 Å². The van der Waals surface area contributed by atoms with E-state index in [4.69, 9.17) is 9.47 Å². The van der Waals surface area contributed by atoms with E-state index in [0.29, 0.717) is 12.2 Å². The van der Waals surface area contributed by atoms with Crippen molar-refractivity contribution in [2.75, 3.05) is 13.7 Å². The van der Waals surface area contributed by atoms with Crippen LogP contribution in [-0.4, -0.2) is 36.6 Å². The van der Waals surface area contributed by atoms with Crippen LogP contribution in [0.1, 0.15) is 64.4 Å². The number of nitro groups is 1. The van der Waals surface area contributed by atoms with Gasteiger partial charge in [-0.3, -0.25) is 14.9 Å². The number of nitro benzene ring substituents is 1. The normalized spacial score (nSPS) is 11.6. The second-order valence-electron chi connectivity index (χ2n) is 6.88. The van der Waals surface area contributed by atoms with Gasteiger partial charge < -0.3 is 14.8 Å². The molecule has 29 heavy (non-hydrogen) atoms. The van der Waals surface area contributed by atoms with Crippen LogP contribution < -0.4 is 10.1 Å². The molecule has 8 heteroatoms. The Balaban J connectivity index is 2.72. The maximum absolute atomic E-state index is 12.5. The van der Waals surface area contributed by atoms with Crippen molar-refractivity contribution >= 4 is 17.6 Å². The number of benzene rings is 1. The molecule has 1 aromatic carbocycles. The molecule has 0 spiro atoms. The van der Waals surface area contributed by atoms with E-state index in [1.54, 1.807) is 13.0 Å². The van der Waals surface area contributed by atoms with E-state index in [-0.39, 0.29) is 30.2 Å². The van der Waals surface area contributed by atoms with Gasteiger partial charge in [-0.2, -0.15) is 0 Å². The molecule has 1 amide bonds. The van der Waals surface area contributed by atoms with Gasteiger partial charge in [0.25, 0.3) is 0 Å². The number of nitrogens with zero attached hydrogens (tertiary/aromatic N) is 1. The summed E-state index contributed by atoms with van der Waals surface area (Å²) in [4.78, 5) is 35.0. The Labute approximate surface area is 172 Å². The minimum Gasteiger partial charge on any atom is -0.490 e. The number of amides is 1. The molecule has 0 bridgehead atoms. The molecule has 1 aromatic rings. The molecule has 162 valence electrons. The van der Waals surface area contributed by atoms with Crippen molar-refractivity contribution in [3.05, 3.63) is 33.9 Å². The van der Waals surface area contributed by atoms with E-state index < -0.39 is 16.9 Å². The molecule has 0 saturated heterocycles. The molecule has 0 unspecified atom stereocenters. The minimum absolute atomic E-state index is 0.103. The second kappa shape index (κ2) is 13.5. The van der Waals surface area contributed by atoms with Crippen LogP contribution in [0.5, 0.6) is 5.75 Å². The predicted molar refractivity (Wildman–Crippen MR) is 110 cm³/mol. The van der Waals surface area contributed by atoms with Crippen molar-refractivity contribution in [1.29, 1.82) is 0 Å². The first-order chi connectivity index (χ1) is 13.9. The zero-order valence-electron chi connectivity index (χ0n) is 17.6. The highest BCUT2D eigenvalue weighted by Crippen LogP contribution is 2.28. The Morgan fingerprint density at radius 3 is 2.45 bits per heavy atom. The van der Waals surface area contributed by atoms with Gasteiger partial charge in [-0.05, 0) is 18.1 Å². The Morgan fingerprint density at radius 2 is 1.83 bits per heavy atom. The topological polar surface area (TPSA) is 108 Å². The number of methoxy groups -OCH3 is 1. The average Bonchev–Trinajstić information content (AvgIpc) is 2.72. The summed E-state index contributed by atoms with van der Waals surface area (Å²) < 4.78 is 10.3. The largest absolute Gasteiger partial charge is 0.490 e. The van der Waals surface area contributed by atoms with Crippen molar-refractivity contribution in [3.8, 4) is 5.75 Å². The maximum atomic E-state index is 12.5. The summed E-state index contributed by atoms with van der Waals surface area (Å²) in [5.41, 5.74) is 0.349. The fourth-order valence-corrected chi connectivity index (χ4v) is 2.89. The summed E-state index contributed by atoms with van der Waals surface area (Å²) in [5.74, 6) is -0.674. The molecular weight excluding hydrogens is 376 g/mol. The lowest BCUT2D eigenvalue weighted by atomic mass is 10.0. The number of carbonyl (C=O) groups is 2. The molecule has 0 radical (unpaired) electrons. The standard InChI is InChI=1S/C21H32N2O6/c1-4-6-7-8-9-10-13-29-21(25)17(22-20(24)5-2)14-16-11-12-19(28-3)18(15-16)23(26)27/h11-12,15,17H,4-10,13-14H2,1-3H3,(H,22,24)/t17-/m1/s1. The Kier molecular flexibility index (Phi) is 11.4. The van der Waals surface area contributed by atoms with Crippen LogP contribution in [0.25, 0.3) is 0 Å². The van der Waals surface area contributed by atoms with E-state index in [1.165, 1.54) is 38.5 Å². The van der Waals surface area contributed by atoms with E-state index in [0.717, 1.165) is 19.3 Å². The van der Waals surface area contributed by atoms with Gasteiger partial charge in [0.05, 0.1) is 18.6 Å². The third kappa shape index (κ3) is 8.93. The smallest absolute Gasteiger partial charge is 0.328 e. The zero-order chi connectivity index (χ0) is 21.6. The number of nitrogens with one attached hydrogen (secondary N) is 1. The van der Waals surface area contributed by atoms with Crippen molar-refractivity contribution < 1.29 is 24.0 Å². The number of hydrogen-bond acceptors (Lipinski definition) is 6. The summed E-state index contributed by atoms with van der Waals surface area (Å²) in [6, 6.07) is 3.58. The van der Waals surface area contributed by atoms with E-state index in [9.17, 15) is 19.7 Å². The first kappa shape index (κ1) is 24.4. The van der Waals surface area contributed by atoms with Crippen molar-refractivity contribution in [1.82, 2.24) is 5.32 Å². The average molecular weight is 408 g/mol. The second-order valence-corrected chi connectivity index (χ2v) is 6.88. The highest BCUT2D eigenvalue weighted by Gasteiger charge is 2.24. The third-order valence-corrected chi connectivity index (χ3v) is 4.56. The molecule has 0 fully saturated rings. The molecule has 0 aromatic heterocycles. The van der Waals surface area contributed by atoms with Crippen molar-refractivity contribution in [3.63, 3.8) is 0 Å². The summed E-state index contributed by atoms with van der Waals surface area (Å²) in [5, 5.41) is 13.9. The fourth-order valence-electron chi connectivity index (χ4n) is 2.89. The number of ether oxygens (including phenoxy) is 2. The number of unbranched alkanes of at least 4 members (excludes halogenated alkanes) is 5. The highest BCUT2D eigenvalue weighted by atomic mass is 16.6. The van der Waals surface area contributed by atoms with Crippen molar-refractivity contribution in [2.24, 2.45) is 0 Å². The maximum Gasteiger partial charge on any atom is 0.328 e. The number of esters is 1. The molecule has 1 N–H and O–H groups in total. The molecule has 1 rings (SSSR count). The van der Waals surface area contributed by atoms with Gasteiger partial charge in [0.15, 0.2) is 5.75 Å². The Hall–Kier alpha value is -2.64. The predicted octanol–water partition coefficient (Wildman–Crippen LogP) is 3.94. The fraction of sp³-hybridized carbons (Fsp3) is 0.619. The van der Waals surface area contributed by atoms with Crippen LogP contribution in [0.3, 0.4) is 0 Å². The van der Waals surface area contributed by atoms with Gasteiger partial charge in [-0.1, -0.05) is 52.0 Å². The van der Waals surface area contributed by atoms with Gasteiger partial charge >= 0.3 is 11.7 Å². The zero-order valence-corrected chi connectivity index (χ0v) is 17.6. The van der Waals surface area contributed by atoms with E-state index >= 15 is 0 Å². The number of hydrogen-bond donors (Lipinski definition) is 1. The molecule has 1 atom stereocenters. The SMILES string of the molecule is CCCCCCCCOC(=O)[C@@H](Cc1ccc(OC)c([N+](=O)[O-])c1)NC(=O)CC. The molecule has 0 aliphatic rings. The minimum atomic E-state index is -0.893. The molecule has 0 aliphatic heterocycles. The van der Waals surface area contributed by atoms with Crippen LogP contribution in [0.2, 0.25) is 0 Å². The van der Waals surface area contributed by atoms with Crippen LogP contribution >= 0.6 is 0 Å². The third-order valence-electron chi connectivity index (χ3n) is 4.56. The van der Waals surface area contributed by atoms with Crippen LogP contribution in [-0.2, 0) is 20.7 Å². The highest BCUT2D eigenvalue weighted by molar-refractivity contribution is 5.84. The summed E-state index contributed by atoms with van der Waals surface area (Å²) in [6.45, 7) is 4.14. The monoisotopic (exact) mass is 408 g/mol. The van der Waals surface area contributed by atoms with Gasteiger partial charge in [-0.15, -0.1) is 0 Å². The molecular formula is C21H32N2O6. The van der Waals surface area contributed by atoms with E-state index in [1.807, 2.05) is 0 Å². The number of carbonyl (C=O) groups excluding carboxylic acids is 2. The van der Waals surface area contributed by atoms with Crippen LogP contribution in [0.4, 0.5) is 5.69 Å². The molecule has 0 saturated carbocycles. The Morgan fingerprint density at radius 1 is 1.14 bits per heavy atom. The summed E-state index contributed by atoms with van der Waals surface area (Å²) in [6.07, 6.45) is 6.76. The van der Waals surface area contributed by atoms with Gasteiger partial charge in [0, 0.05) is 18.9 Å². The summed E-state index contributed by atoms with van der Waals surface area (Å²) >= 11 is 0. The Bertz CT molecular complexity index is 677. The van der Waals surface area contributed by atoms with Crippen LogP contribution in [0, 0.1) is 10.1 Å². The quantitative estimate of drug-likeness (QED) is 0.216. The molecule has 0 heterocycles. The van der Waals surface area contributed by atoms with Crippen LogP contribution in [0.15, 0.2) is 18.2 Å².